The van der Waals surface area contributed by atoms with E-state index < -0.39 is 0 Å². The van der Waals surface area contributed by atoms with Gasteiger partial charge in [-0.15, -0.1) is 12.4 Å². The van der Waals surface area contributed by atoms with E-state index in [2.05, 4.69) is 23.6 Å². The van der Waals surface area contributed by atoms with E-state index in [9.17, 15) is 4.79 Å². The Morgan fingerprint density at radius 1 is 1.26 bits per heavy atom. The van der Waals surface area contributed by atoms with Gasteiger partial charge in [0.2, 0.25) is 5.91 Å². The molecule has 0 unspecified atom stereocenters. The highest BCUT2D eigenvalue weighted by Crippen LogP contribution is 2.27. The molecular formula is C14H28ClN3O. The maximum Gasteiger partial charge on any atom is 0.237 e. The monoisotopic (exact) mass is 289 g/mol. The van der Waals surface area contributed by atoms with E-state index in [1.54, 1.807) is 0 Å². The summed E-state index contributed by atoms with van der Waals surface area (Å²) in [5, 5.41) is 0. The molecule has 1 saturated carbocycles. The van der Waals surface area contributed by atoms with Crippen molar-refractivity contribution >= 4 is 18.3 Å². The summed E-state index contributed by atoms with van der Waals surface area (Å²) in [6.07, 6.45) is 4.45. The first-order valence-electron chi connectivity index (χ1n) is 7.33. The van der Waals surface area contributed by atoms with Crippen LogP contribution >= 0.6 is 12.4 Å². The van der Waals surface area contributed by atoms with E-state index in [0.29, 0.717) is 30.5 Å². The maximum absolute atomic E-state index is 12.4. The number of piperidine rings is 1. The van der Waals surface area contributed by atoms with Crippen LogP contribution in [0.4, 0.5) is 0 Å². The molecule has 112 valence electrons. The molecule has 2 rings (SSSR count). The Morgan fingerprint density at radius 2 is 1.84 bits per heavy atom. The number of hydrogen-bond acceptors (Lipinski definition) is 3. The van der Waals surface area contributed by atoms with Crippen molar-refractivity contribution in [3.8, 4) is 0 Å². The Kier molecular flexibility index (Phi) is 6.57. The summed E-state index contributed by atoms with van der Waals surface area (Å²) in [6, 6.07) is 0.874. The van der Waals surface area contributed by atoms with Crippen LogP contribution in [0.25, 0.3) is 0 Å². The molecule has 19 heavy (non-hydrogen) atoms. The molecule has 4 nitrogen and oxygen atoms in total. The smallest absolute Gasteiger partial charge is 0.237 e. The minimum atomic E-state index is 0. The van der Waals surface area contributed by atoms with Crippen LogP contribution in [0.15, 0.2) is 0 Å². The van der Waals surface area contributed by atoms with E-state index in [4.69, 9.17) is 5.73 Å². The van der Waals surface area contributed by atoms with Crippen LogP contribution in [0.2, 0.25) is 0 Å². The number of carbonyl (C=O) groups excluding carboxylic acids is 1. The molecule has 0 radical (unpaired) electrons. The number of rotatable bonds is 5. The first-order chi connectivity index (χ1) is 8.56. The fourth-order valence-electron chi connectivity index (χ4n) is 2.63. The van der Waals surface area contributed by atoms with Gasteiger partial charge in [-0.1, -0.05) is 13.8 Å². The van der Waals surface area contributed by atoms with Gasteiger partial charge in [-0.2, -0.15) is 0 Å². The van der Waals surface area contributed by atoms with Gasteiger partial charge in [0, 0.05) is 31.7 Å². The second-order valence-corrected chi connectivity index (χ2v) is 6.28. The molecule has 2 N–H and O–H groups in total. The zero-order valence-electron chi connectivity index (χ0n) is 12.2. The Bertz CT molecular complexity index is 286. The van der Waals surface area contributed by atoms with Crippen LogP contribution in [0.5, 0.6) is 0 Å². The largest absolute Gasteiger partial charge is 0.338 e. The second-order valence-electron chi connectivity index (χ2n) is 6.28. The number of halogens is 1. The van der Waals surface area contributed by atoms with Crippen molar-refractivity contribution in [2.24, 2.45) is 11.7 Å². The fourth-order valence-corrected chi connectivity index (χ4v) is 2.63. The SMILES string of the molecule is CC(C)CN(C(=O)CN1CCC(N)CC1)C1CC1.Cl. The van der Waals surface area contributed by atoms with Crippen molar-refractivity contribution in [3.63, 3.8) is 0 Å². The lowest BCUT2D eigenvalue weighted by atomic mass is 10.1. The zero-order valence-corrected chi connectivity index (χ0v) is 13.0. The number of amides is 1. The predicted octanol–water partition coefficient (Wildman–Crippen LogP) is 1.48. The van der Waals surface area contributed by atoms with Crippen molar-refractivity contribution in [3.05, 3.63) is 0 Å². The summed E-state index contributed by atoms with van der Waals surface area (Å²) in [5.41, 5.74) is 5.89. The molecule has 5 heteroatoms. The predicted molar refractivity (Wildman–Crippen MR) is 80.5 cm³/mol. The number of nitrogens with two attached hydrogens (primary N) is 1. The fraction of sp³-hybridized carbons (Fsp3) is 0.929. The third kappa shape index (κ3) is 5.28. The molecule has 0 bridgehead atoms. The van der Waals surface area contributed by atoms with Crippen molar-refractivity contribution in [1.82, 2.24) is 9.80 Å². The summed E-state index contributed by atoms with van der Waals surface area (Å²) in [5.74, 6) is 0.881. The molecule has 1 amide bonds. The van der Waals surface area contributed by atoms with Gasteiger partial charge >= 0.3 is 0 Å². The van der Waals surface area contributed by atoms with Crippen molar-refractivity contribution in [2.45, 2.75) is 51.6 Å². The highest BCUT2D eigenvalue weighted by Gasteiger charge is 2.33. The van der Waals surface area contributed by atoms with Crippen LogP contribution < -0.4 is 5.73 Å². The van der Waals surface area contributed by atoms with E-state index in [-0.39, 0.29) is 12.4 Å². The Morgan fingerprint density at radius 3 is 2.32 bits per heavy atom. The van der Waals surface area contributed by atoms with Crippen LogP contribution in [0.1, 0.15) is 39.5 Å². The lowest BCUT2D eigenvalue weighted by molar-refractivity contribution is -0.133. The molecule has 1 heterocycles. The third-order valence-corrected chi connectivity index (χ3v) is 3.86. The van der Waals surface area contributed by atoms with Crippen LogP contribution in [-0.2, 0) is 4.79 Å². The second kappa shape index (κ2) is 7.46. The maximum atomic E-state index is 12.4. The van der Waals surface area contributed by atoms with Gasteiger partial charge in [0.25, 0.3) is 0 Å². The Hall–Kier alpha value is -0.320. The molecule has 1 aliphatic carbocycles. The molecule has 0 aromatic heterocycles. The Balaban J connectivity index is 0.00000180. The molecule has 0 aromatic carbocycles. The van der Waals surface area contributed by atoms with Gasteiger partial charge in [-0.3, -0.25) is 9.69 Å². The molecule has 2 fully saturated rings. The quantitative estimate of drug-likeness (QED) is 0.834. The lowest BCUT2D eigenvalue weighted by Gasteiger charge is -2.32. The third-order valence-electron chi connectivity index (χ3n) is 3.86. The minimum Gasteiger partial charge on any atom is -0.338 e. The van der Waals surface area contributed by atoms with Gasteiger partial charge in [-0.25, -0.2) is 0 Å². The average Bonchev–Trinajstić information content (AvgIpc) is 3.12. The lowest BCUT2D eigenvalue weighted by Crippen LogP contribution is -2.47. The summed E-state index contributed by atoms with van der Waals surface area (Å²) in [7, 11) is 0. The molecule has 1 saturated heterocycles. The van der Waals surface area contributed by atoms with E-state index in [1.165, 1.54) is 12.8 Å². The number of nitrogens with zero attached hydrogens (tertiary/aromatic N) is 2. The van der Waals surface area contributed by atoms with Crippen LogP contribution in [0, 0.1) is 5.92 Å². The van der Waals surface area contributed by atoms with Crippen molar-refractivity contribution in [1.29, 1.82) is 0 Å². The Labute approximate surface area is 123 Å². The van der Waals surface area contributed by atoms with Gasteiger partial charge in [0.05, 0.1) is 6.54 Å². The number of carbonyl (C=O) groups is 1. The zero-order chi connectivity index (χ0) is 13.1. The number of likely N-dealkylation sites (tertiary alicyclic amines) is 1. The first kappa shape index (κ1) is 16.7. The molecule has 2 aliphatic rings. The van der Waals surface area contributed by atoms with Crippen LogP contribution in [-0.4, -0.2) is 54.0 Å². The van der Waals surface area contributed by atoms with Gasteiger partial charge < -0.3 is 10.6 Å². The molecule has 0 spiro atoms. The van der Waals surface area contributed by atoms with Gasteiger partial charge in [0.1, 0.15) is 0 Å². The minimum absolute atomic E-state index is 0. The van der Waals surface area contributed by atoms with E-state index in [1.807, 2.05) is 0 Å². The summed E-state index contributed by atoms with van der Waals surface area (Å²) >= 11 is 0. The highest BCUT2D eigenvalue weighted by molar-refractivity contribution is 5.85. The van der Waals surface area contributed by atoms with Crippen molar-refractivity contribution in [2.75, 3.05) is 26.2 Å². The summed E-state index contributed by atoms with van der Waals surface area (Å²) in [4.78, 5) is 16.7. The molecular weight excluding hydrogens is 262 g/mol. The number of hydrogen-bond donors (Lipinski definition) is 1. The summed E-state index contributed by atoms with van der Waals surface area (Å²) < 4.78 is 0. The molecule has 0 atom stereocenters. The highest BCUT2D eigenvalue weighted by atomic mass is 35.5. The van der Waals surface area contributed by atoms with Crippen molar-refractivity contribution < 1.29 is 4.79 Å². The van der Waals surface area contributed by atoms with Crippen LogP contribution in [0.3, 0.4) is 0 Å². The van der Waals surface area contributed by atoms with Gasteiger partial charge in [-0.05, 0) is 31.6 Å². The summed E-state index contributed by atoms with van der Waals surface area (Å²) in [6.45, 7) is 7.83. The van der Waals surface area contributed by atoms with Gasteiger partial charge in [0.15, 0.2) is 0 Å². The standard InChI is InChI=1S/C14H27N3O.ClH/c1-11(2)9-17(13-3-4-13)14(18)10-16-7-5-12(15)6-8-16;/h11-13H,3-10,15H2,1-2H3;1H. The average molecular weight is 290 g/mol. The normalized spacial score (nSPS) is 21.3. The van der Waals surface area contributed by atoms with E-state index >= 15 is 0 Å². The topological polar surface area (TPSA) is 49.6 Å². The van der Waals surface area contributed by atoms with E-state index in [0.717, 1.165) is 32.5 Å². The molecule has 1 aliphatic heterocycles. The first-order valence-corrected chi connectivity index (χ1v) is 7.33. The molecule has 0 aromatic rings.